The van der Waals surface area contributed by atoms with Crippen LogP contribution < -0.4 is 19.9 Å². The average Bonchev–Trinajstić information content (AvgIpc) is 2.92. The van der Waals surface area contributed by atoms with Gasteiger partial charge in [-0.15, -0.1) is 0 Å². The van der Waals surface area contributed by atoms with Crippen molar-refractivity contribution < 1.29 is 23.4 Å². The molecule has 6 nitrogen and oxygen atoms in total. The topological polar surface area (TPSA) is 94.6 Å². The van der Waals surface area contributed by atoms with Crippen LogP contribution in [0.15, 0.2) is 107 Å². The number of halogens is 2. The third kappa shape index (κ3) is 5.24. The van der Waals surface area contributed by atoms with Crippen LogP contribution in [-0.4, -0.2) is 5.97 Å². The summed E-state index contributed by atoms with van der Waals surface area (Å²) in [4.78, 5) is 12.6. The molecule has 0 bridgehead atoms. The van der Waals surface area contributed by atoms with Crippen molar-refractivity contribution in [1.29, 1.82) is 5.26 Å². The molecule has 0 saturated carbocycles. The molecule has 0 fully saturated rings. The fraction of sp³-hybridized carbons (Fsp3) is 0.0667. The summed E-state index contributed by atoms with van der Waals surface area (Å²) in [5.41, 5.74) is 9.13. The number of allylic oxidation sites excluding steroid dienone is 1. The van der Waals surface area contributed by atoms with Gasteiger partial charge in [-0.25, -0.2) is 9.18 Å². The van der Waals surface area contributed by atoms with Gasteiger partial charge in [0.1, 0.15) is 41.3 Å². The number of hydrogen-bond donors (Lipinski definition) is 1. The van der Waals surface area contributed by atoms with Crippen molar-refractivity contribution in [3.05, 3.63) is 135 Å². The van der Waals surface area contributed by atoms with E-state index in [4.69, 9.17) is 19.9 Å². The Balaban J connectivity index is 1.38. The number of nitriles is 1. The summed E-state index contributed by atoms with van der Waals surface area (Å²) < 4.78 is 30.8. The van der Waals surface area contributed by atoms with Crippen LogP contribution in [0.4, 0.5) is 4.39 Å². The number of esters is 1. The predicted molar refractivity (Wildman–Crippen MR) is 142 cm³/mol. The van der Waals surface area contributed by atoms with Gasteiger partial charge in [0.2, 0.25) is 5.88 Å². The summed E-state index contributed by atoms with van der Waals surface area (Å²) in [5.74, 6) is -0.0391. The molecule has 0 aromatic heterocycles. The van der Waals surface area contributed by atoms with Crippen LogP contribution in [0, 0.1) is 17.1 Å². The number of carbonyl (C=O) groups excluding carboxylic acids is 1. The number of carbonyl (C=O) groups is 1. The molecule has 1 aliphatic heterocycles. The maximum atomic E-state index is 13.1. The largest absolute Gasteiger partial charge is 0.489 e. The second-order valence-electron chi connectivity index (χ2n) is 8.48. The number of benzene rings is 4. The Morgan fingerprint density at radius 3 is 2.42 bits per heavy atom. The van der Waals surface area contributed by atoms with E-state index in [1.807, 2.05) is 12.1 Å². The molecule has 1 aliphatic rings. The Morgan fingerprint density at radius 2 is 1.71 bits per heavy atom. The van der Waals surface area contributed by atoms with Gasteiger partial charge in [-0.3, -0.25) is 0 Å². The standard InChI is InChI=1S/C30H20BrFN2O4/c31-26-4-2-1-3-23(26)30(35)37-22-13-14-24-27(15-22)38-29(34)25(16-33)28(24)19-7-11-21(12-8-19)36-17-18-5-9-20(32)10-6-18/h1-15,28H,17,34H2. The second kappa shape index (κ2) is 10.8. The van der Waals surface area contributed by atoms with Gasteiger partial charge in [0.25, 0.3) is 0 Å². The number of ether oxygens (including phenoxy) is 3. The molecule has 0 radical (unpaired) electrons. The van der Waals surface area contributed by atoms with Gasteiger partial charge in [0.15, 0.2) is 0 Å². The molecule has 4 aromatic rings. The van der Waals surface area contributed by atoms with Crippen molar-refractivity contribution in [2.75, 3.05) is 0 Å². The van der Waals surface area contributed by atoms with E-state index in [1.165, 1.54) is 12.1 Å². The second-order valence-corrected chi connectivity index (χ2v) is 9.33. The lowest BCUT2D eigenvalue weighted by Crippen LogP contribution is -2.21. The van der Waals surface area contributed by atoms with Gasteiger partial charge in [0, 0.05) is 16.1 Å². The Kier molecular flexibility index (Phi) is 7.11. The van der Waals surface area contributed by atoms with Crippen LogP contribution in [0.5, 0.6) is 17.2 Å². The first-order valence-corrected chi connectivity index (χ1v) is 12.4. The van der Waals surface area contributed by atoms with Gasteiger partial charge in [-0.1, -0.05) is 42.5 Å². The molecule has 5 rings (SSSR count). The zero-order chi connectivity index (χ0) is 26.6. The molecular weight excluding hydrogens is 551 g/mol. The van der Waals surface area contributed by atoms with E-state index in [9.17, 15) is 14.4 Å². The van der Waals surface area contributed by atoms with E-state index in [0.29, 0.717) is 27.1 Å². The number of hydrogen-bond acceptors (Lipinski definition) is 6. The molecule has 188 valence electrons. The van der Waals surface area contributed by atoms with Crippen molar-refractivity contribution in [2.24, 2.45) is 5.73 Å². The minimum Gasteiger partial charge on any atom is -0.489 e. The normalized spacial score (nSPS) is 14.2. The summed E-state index contributed by atoms with van der Waals surface area (Å²) in [5, 5.41) is 9.84. The highest BCUT2D eigenvalue weighted by Crippen LogP contribution is 2.43. The molecule has 0 saturated heterocycles. The Hall–Kier alpha value is -4.61. The van der Waals surface area contributed by atoms with Gasteiger partial charge < -0.3 is 19.9 Å². The van der Waals surface area contributed by atoms with E-state index in [-0.39, 0.29) is 29.6 Å². The lowest BCUT2D eigenvalue weighted by Gasteiger charge is -2.27. The third-order valence-electron chi connectivity index (χ3n) is 6.03. The smallest absolute Gasteiger partial charge is 0.344 e. The van der Waals surface area contributed by atoms with Crippen LogP contribution >= 0.6 is 15.9 Å². The fourth-order valence-electron chi connectivity index (χ4n) is 4.13. The van der Waals surface area contributed by atoms with E-state index >= 15 is 0 Å². The predicted octanol–water partition coefficient (Wildman–Crippen LogP) is 6.60. The molecule has 1 heterocycles. The van der Waals surface area contributed by atoms with Gasteiger partial charge in [-0.2, -0.15) is 5.26 Å². The molecule has 38 heavy (non-hydrogen) atoms. The summed E-state index contributed by atoms with van der Waals surface area (Å²) in [6.07, 6.45) is 0. The monoisotopic (exact) mass is 570 g/mol. The number of fused-ring (bicyclic) bond motifs is 1. The molecule has 4 aromatic carbocycles. The van der Waals surface area contributed by atoms with Gasteiger partial charge in [-0.05, 0) is 69.5 Å². The summed E-state index contributed by atoms with van der Waals surface area (Å²) in [6, 6.07) is 27.5. The average molecular weight is 571 g/mol. The molecule has 8 heteroatoms. The highest BCUT2D eigenvalue weighted by Gasteiger charge is 2.31. The first kappa shape index (κ1) is 25.1. The van der Waals surface area contributed by atoms with Gasteiger partial charge in [0.05, 0.1) is 11.5 Å². The van der Waals surface area contributed by atoms with E-state index in [0.717, 1.165) is 11.1 Å². The number of rotatable bonds is 6. The molecule has 1 atom stereocenters. The Bertz CT molecular complexity index is 1580. The van der Waals surface area contributed by atoms with E-state index < -0.39 is 11.9 Å². The van der Waals surface area contributed by atoms with Crippen molar-refractivity contribution in [1.82, 2.24) is 0 Å². The molecular formula is C30H20BrFN2O4. The third-order valence-corrected chi connectivity index (χ3v) is 6.72. The zero-order valence-electron chi connectivity index (χ0n) is 19.9. The van der Waals surface area contributed by atoms with Crippen molar-refractivity contribution in [3.8, 4) is 23.3 Å². The number of nitrogens with two attached hydrogens (primary N) is 1. The summed E-state index contributed by atoms with van der Waals surface area (Å²) in [6.45, 7) is 0.289. The molecule has 0 spiro atoms. The van der Waals surface area contributed by atoms with E-state index in [1.54, 1.807) is 66.7 Å². The van der Waals surface area contributed by atoms with Crippen molar-refractivity contribution >= 4 is 21.9 Å². The van der Waals surface area contributed by atoms with Crippen molar-refractivity contribution in [3.63, 3.8) is 0 Å². The summed E-state index contributed by atoms with van der Waals surface area (Å²) >= 11 is 3.35. The first-order valence-electron chi connectivity index (χ1n) is 11.6. The van der Waals surface area contributed by atoms with Crippen molar-refractivity contribution in [2.45, 2.75) is 12.5 Å². The maximum Gasteiger partial charge on any atom is 0.344 e. The zero-order valence-corrected chi connectivity index (χ0v) is 21.4. The molecule has 0 amide bonds. The van der Waals surface area contributed by atoms with Crippen LogP contribution in [0.3, 0.4) is 0 Å². The van der Waals surface area contributed by atoms with Crippen LogP contribution in [-0.2, 0) is 6.61 Å². The SMILES string of the molecule is N#CC1=C(N)Oc2cc(OC(=O)c3ccccc3Br)ccc2C1c1ccc(OCc2ccc(F)cc2)cc1. The number of nitrogens with zero attached hydrogens (tertiary/aromatic N) is 1. The van der Waals surface area contributed by atoms with E-state index in [2.05, 4.69) is 22.0 Å². The maximum absolute atomic E-state index is 13.1. The Labute approximate surface area is 226 Å². The quantitative estimate of drug-likeness (QED) is 0.207. The molecule has 1 unspecified atom stereocenters. The summed E-state index contributed by atoms with van der Waals surface area (Å²) in [7, 11) is 0. The molecule has 0 aliphatic carbocycles. The lowest BCUT2D eigenvalue weighted by atomic mass is 9.83. The lowest BCUT2D eigenvalue weighted by molar-refractivity contribution is 0.0733. The minimum absolute atomic E-state index is 0.0177. The van der Waals surface area contributed by atoms with Crippen LogP contribution in [0.25, 0.3) is 0 Å². The highest BCUT2D eigenvalue weighted by molar-refractivity contribution is 9.10. The Morgan fingerprint density at radius 1 is 1.00 bits per heavy atom. The fourth-order valence-corrected chi connectivity index (χ4v) is 4.58. The minimum atomic E-state index is -0.526. The van der Waals surface area contributed by atoms with Crippen LogP contribution in [0.2, 0.25) is 0 Å². The first-order chi connectivity index (χ1) is 18.4. The van der Waals surface area contributed by atoms with Crippen LogP contribution in [0.1, 0.15) is 33.0 Å². The van der Waals surface area contributed by atoms with Gasteiger partial charge >= 0.3 is 5.97 Å². The molecule has 2 N–H and O–H groups in total. The highest BCUT2D eigenvalue weighted by atomic mass is 79.9.